The highest BCUT2D eigenvalue weighted by atomic mass is 35.5. The van der Waals surface area contributed by atoms with E-state index in [4.69, 9.17) is 16.6 Å². The van der Waals surface area contributed by atoms with E-state index in [2.05, 4.69) is 0 Å². The van der Waals surface area contributed by atoms with Gasteiger partial charge in [-0.05, 0) is 23.8 Å². The number of aromatic nitrogens is 1. The fourth-order valence-corrected chi connectivity index (χ4v) is 3.26. The lowest BCUT2D eigenvalue weighted by molar-refractivity contribution is 0.0700. The van der Waals surface area contributed by atoms with E-state index in [-0.39, 0.29) is 5.56 Å². The van der Waals surface area contributed by atoms with Gasteiger partial charge < -0.3 is 5.11 Å². The van der Waals surface area contributed by atoms with Gasteiger partial charge in [0.2, 0.25) is 0 Å². The Morgan fingerprint density at radius 3 is 2.15 bits per heavy atom. The molecule has 0 fully saturated rings. The van der Waals surface area contributed by atoms with Gasteiger partial charge in [-0.2, -0.15) is 0 Å². The molecule has 1 aromatic heterocycles. The minimum Gasteiger partial charge on any atom is -0.478 e. The number of benzene rings is 3. The zero-order chi connectivity index (χ0) is 18.1. The van der Waals surface area contributed by atoms with Crippen LogP contribution in [0.5, 0.6) is 0 Å². The van der Waals surface area contributed by atoms with Crippen molar-refractivity contribution in [3.8, 4) is 22.4 Å². The summed E-state index contributed by atoms with van der Waals surface area (Å²) in [7, 11) is 0. The number of pyridine rings is 1. The average molecular weight is 360 g/mol. The summed E-state index contributed by atoms with van der Waals surface area (Å²) in [6.45, 7) is 0. The molecule has 0 aliphatic rings. The molecule has 4 rings (SSSR count). The molecule has 0 aliphatic heterocycles. The first-order valence-electron chi connectivity index (χ1n) is 8.12. The first-order valence-corrected chi connectivity index (χ1v) is 8.50. The van der Waals surface area contributed by atoms with Crippen molar-refractivity contribution in [3.63, 3.8) is 0 Å². The fraction of sp³-hybridized carbons (Fsp3) is 0. The molecule has 0 amide bonds. The molecule has 0 spiro atoms. The highest BCUT2D eigenvalue weighted by Gasteiger charge is 2.22. The largest absolute Gasteiger partial charge is 0.478 e. The molecule has 0 unspecified atom stereocenters. The van der Waals surface area contributed by atoms with Crippen LogP contribution in [0.3, 0.4) is 0 Å². The third-order valence-corrected chi connectivity index (χ3v) is 4.54. The first kappa shape index (κ1) is 16.3. The van der Waals surface area contributed by atoms with E-state index in [0.717, 1.165) is 11.1 Å². The summed E-state index contributed by atoms with van der Waals surface area (Å²) in [6.07, 6.45) is 0. The number of fused-ring (bicyclic) bond motifs is 1. The van der Waals surface area contributed by atoms with Crippen LogP contribution in [0.25, 0.3) is 33.3 Å². The predicted octanol–water partition coefficient (Wildman–Crippen LogP) is 5.92. The number of hydrogen-bond donors (Lipinski definition) is 1. The monoisotopic (exact) mass is 359 g/mol. The second-order valence-corrected chi connectivity index (χ2v) is 6.34. The van der Waals surface area contributed by atoms with Crippen LogP contribution in [0.15, 0.2) is 78.9 Å². The number of nitrogens with zero attached hydrogens (tertiary/aromatic N) is 1. The molecular weight excluding hydrogens is 346 g/mol. The van der Waals surface area contributed by atoms with Gasteiger partial charge in [-0.3, -0.25) is 0 Å². The molecule has 1 N–H and O–H groups in total. The molecule has 0 bridgehead atoms. The minimum absolute atomic E-state index is 0.256. The van der Waals surface area contributed by atoms with E-state index in [0.29, 0.717) is 27.2 Å². The molecule has 4 aromatic rings. The average Bonchev–Trinajstić information content (AvgIpc) is 2.67. The van der Waals surface area contributed by atoms with Crippen molar-refractivity contribution in [2.75, 3.05) is 0 Å². The molecule has 4 heteroatoms. The molecule has 3 nitrogen and oxygen atoms in total. The SMILES string of the molecule is O=C(O)c1c(-c2ccccc2)c(-c2ccc(Cl)cc2)nc2ccccc12. The maximum Gasteiger partial charge on any atom is 0.337 e. The number of para-hydroxylation sites is 1. The van der Waals surface area contributed by atoms with Crippen LogP contribution >= 0.6 is 11.6 Å². The van der Waals surface area contributed by atoms with Crippen molar-refractivity contribution in [1.29, 1.82) is 0 Å². The molecule has 0 radical (unpaired) electrons. The van der Waals surface area contributed by atoms with Gasteiger partial charge >= 0.3 is 5.97 Å². The van der Waals surface area contributed by atoms with E-state index < -0.39 is 5.97 Å². The molecule has 1 heterocycles. The maximum atomic E-state index is 12.2. The summed E-state index contributed by atoms with van der Waals surface area (Å²) in [5.41, 5.74) is 3.78. The third-order valence-electron chi connectivity index (χ3n) is 4.29. The quantitative estimate of drug-likeness (QED) is 0.494. The van der Waals surface area contributed by atoms with E-state index in [1.165, 1.54) is 0 Å². The number of aromatic carboxylic acids is 1. The van der Waals surface area contributed by atoms with Crippen molar-refractivity contribution in [3.05, 3.63) is 89.4 Å². The number of carboxylic acid groups (broad SMARTS) is 1. The zero-order valence-electron chi connectivity index (χ0n) is 13.7. The molecule has 0 saturated heterocycles. The molecule has 3 aromatic carbocycles. The lowest BCUT2D eigenvalue weighted by atomic mass is 9.92. The Hall–Kier alpha value is -3.17. The standard InChI is InChI=1S/C22H14ClNO2/c23-16-12-10-15(11-13-16)21-19(14-6-2-1-3-7-14)20(22(25)26)17-8-4-5-9-18(17)24-21/h1-13H,(H,25,26). The lowest BCUT2D eigenvalue weighted by Gasteiger charge is -2.15. The molecule has 26 heavy (non-hydrogen) atoms. The molecule has 126 valence electrons. The summed E-state index contributed by atoms with van der Waals surface area (Å²) in [5.74, 6) is -0.974. The summed E-state index contributed by atoms with van der Waals surface area (Å²) >= 11 is 6.02. The van der Waals surface area contributed by atoms with E-state index >= 15 is 0 Å². The van der Waals surface area contributed by atoms with Crippen LogP contribution in [-0.2, 0) is 0 Å². The van der Waals surface area contributed by atoms with Crippen molar-refractivity contribution >= 4 is 28.5 Å². The Kier molecular flexibility index (Phi) is 4.15. The fourth-order valence-electron chi connectivity index (χ4n) is 3.14. The van der Waals surface area contributed by atoms with Crippen LogP contribution in [0.2, 0.25) is 5.02 Å². The number of hydrogen-bond acceptors (Lipinski definition) is 2. The van der Waals surface area contributed by atoms with Crippen molar-refractivity contribution in [1.82, 2.24) is 4.98 Å². The number of halogens is 1. The predicted molar refractivity (Wildman–Crippen MR) is 105 cm³/mol. The second kappa shape index (κ2) is 6.62. The van der Waals surface area contributed by atoms with Crippen LogP contribution < -0.4 is 0 Å². The van der Waals surface area contributed by atoms with Crippen LogP contribution in [0, 0.1) is 0 Å². The van der Waals surface area contributed by atoms with Crippen molar-refractivity contribution in [2.24, 2.45) is 0 Å². The highest BCUT2D eigenvalue weighted by Crippen LogP contribution is 2.37. The Labute approximate surface area is 155 Å². The Bertz CT molecular complexity index is 1110. The van der Waals surface area contributed by atoms with E-state index in [1.807, 2.05) is 60.7 Å². The lowest BCUT2D eigenvalue weighted by Crippen LogP contribution is -2.05. The van der Waals surface area contributed by atoms with Gasteiger partial charge in [0.05, 0.1) is 16.8 Å². The van der Waals surface area contributed by atoms with Gasteiger partial charge in [0.15, 0.2) is 0 Å². The summed E-state index contributed by atoms with van der Waals surface area (Å²) < 4.78 is 0. The summed E-state index contributed by atoms with van der Waals surface area (Å²) in [4.78, 5) is 17.0. The topological polar surface area (TPSA) is 50.2 Å². The third kappa shape index (κ3) is 2.83. The molecule has 0 aliphatic carbocycles. The van der Waals surface area contributed by atoms with Gasteiger partial charge in [-0.1, -0.05) is 72.3 Å². The smallest absolute Gasteiger partial charge is 0.337 e. The normalized spacial score (nSPS) is 10.8. The van der Waals surface area contributed by atoms with Crippen molar-refractivity contribution < 1.29 is 9.90 Å². The number of carbonyl (C=O) groups is 1. The first-order chi connectivity index (χ1) is 12.6. The van der Waals surface area contributed by atoms with E-state index in [9.17, 15) is 9.90 Å². The van der Waals surface area contributed by atoms with Crippen LogP contribution in [0.1, 0.15) is 10.4 Å². The number of carboxylic acids is 1. The summed E-state index contributed by atoms with van der Waals surface area (Å²) in [6, 6.07) is 24.1. The van der Waals surface area contributed by atoms with Gasteiger partial charge in [0.1, 0.15) is 0 Å². The van der Waals surface area contributed by atoms with Gasteiger partial charge in [0.25, 0.3) is 0 Å². The molecule has 0 atom stereocenters. The van der Waals surface area contributed by atoms with Crippen LogP contribution in [0.4, 0.5) is 0 Å². The van der Waals surface area contributed by atoms with Crippen LogP contribution in [-0.4, -0.2) is 16.1 Å². The Balaban J connectivity index is 2.16. The minimum atomic E-state index is -0.974. The Morgan fingerprint density at radius 2 is 1.46 bits per heavy atom. The van der Waals surface area contributed by atoms with Crippen molar-refractivity contribution in [2.45, 2.75) is 0 Å². The zero-order valence-corrected chi connectivity index (χ0v) is 14.4. The number of rotatable bonds is 3. The van der Waals surface area contributed by atoms with Gasteiger partial charge in [0, 0.05) is 21.5 Å². The van der Waals surface area contributed by atoms with Gasteiger partial charge in [-0.15, -0.1) is 0 Å². The molecular formula is C22H14ClNO2. The highest BCUT2D eigenvalue weighted by molar-refractivity contribution is 6.30. The molecule has 0 saturated carbocycles. The maximum absolute atomic E-state index is 12.2. The Morgan fingerprint density at radius 1 is 0.808 bits per heavy atom. The summed E-state index contributed by atoms with van der Waals surface area (Å²) in [5, 5.41) is 11.2. The van der Waals surface area contributed by atoms with Gasteiger partial charge in [-0.25, -0.2) is 9.78 Å². The second-order valence-electron chi connectivity index (χ2n) is 5.91. The van der Waals surface area contributed by atoms with E-state index in [1.54, 1.807) is 18.2 Å².